The van der Waals surface area contributed by atoms with Gasteiger partial charge < -0.3 is 4.90 Å². The van der Waals surface area contributed by atoms with Gasteiger partial charge in [0.25, 0.3) is 0 Å². The highest BCUT2D eigenvalue weighted by Gasteiger charge is 2.22. The van der Waals surface area contributed by atoms with Crippen LogP contribution in [0.25, 0.3) is 11.3 Å². The van der Waals surface area contributed by atoms with Gasteiger partial charge in [-0.2, -0.15) is 5.26 Å². The number of rotatable bonds is 4. The highest BCUT2D eigenvalue weighted by Crippen LogP contribution is 2.33. The van der Waals surface area contributed by atoms with Gasteiger partial charge in [0.2, 0.25) is 0 Å². The van der Waals surface area contributed by atoms with Gasteiger partial charge in [0.1, 0.15) is 17.4 Å². The molecular weight excluding hydrogens is 335 g/mol. The van der Waals surface area contributed by atoms with Gasteiger partial charge in [-0.3, -0.25) is 0 Å². The van der Waals surface area contributed by atoms with Crippen molar-refractivity contribution >= 4 is 17.6 Å². The summed E-state index contributed by atoms with van der Waals surface area (Å²) in [5.74, 6) is 0.407. The van der Waals surface area contributed by atoms with Crippen molar-refractivity contribution in [1.29, 1.82) is 5.26 Å². The van der Waals surface area contributed by atoms with Gasteiger partial charge in [0.15, 0.2) is 11.0 Å². The number of nitriles is 1. The summed E-state index contributed by atoms with van der Waals surface area (Å²) in [6.07, 6.45) is 3.42. The van der Waals surface area contributed by atoms with Gasteiger partial charge in [-0.1, -0.05) is 25.6 Å². The number of nitrogens with zero attached hydrogens (tertiary/aromatic N) is 4. The van der Waals surface area contributed by atoms with Crippen LogP contribution in [-0.4, -0.2) is 28.3 Å². The summed E-state index contributed by atoms with van der Waals surface area (Å²) in [6.45, 7) is 5.98. The van der Waals surface area contributed by atoms with E-state index in [4.69, 9.17) is 4.98 Å². The molecule has 1 aromatic heterocycles. The molecule has 0 unspecified atom stereocenters. The molecule has 0 saturated carbocycles. The van der Waals surface area contributed by atoms with E-state index >= 15 is 0 Å². The van der Waals surface area contributed by atoms with E-state index in [1.165, 1.54) is 18.6 Å². The van der Waals surface area contributed by atoms with Crippen LogP contribution in [-0.2, 0) is 0 Å². The standard InChI is InChI=1S/C19H21FN4S/c1-13(2)25-19-22-17(14-6-8-15(20)9-7-14)16(12-21)18(23-19)24-10-4-3-5-11-24/h6-9,13H,3-5,10-11H2,1-2H3. The molecule has 0 aliphatic carbocycles. The molecule has 0 spiro atoms. The van der Waals surface area contributed by atoms with Gasteiger partial charge in [-0.05, 0) is 43.5 Å². The van der Waals surface area contributed by atoms with E-state index in [9.17, 15) is 9.65 Å². The molecule has 1 saturated heterocycles. The average molecular weight is 356 g/mol. The van der Waals surface area contributed by atoms with E-state index in [0.717, 1.165) is 31.5 Å². The summed E-state index contributed by atoms with van der Waals surface area (Å²) in [4.78, 5) is 11.5. The second-order valence-corrected chi connectivity index (χ2v) is 7.93. The summed E-state index contributed by atoms with van der Waals surface area (Å²) in [5, 5.41) is 10.8. The third-order valence-corrected chi connectivity index (χ3v) is 4.96. The second-order valence-electron chi connectivity index (χ2n) is 6.39. The van der Waals surface area contributed by atoms with Crippen LogP contribution >= 0.6 is 11.8 Å². The van der Waals surface area contributed by atoms with Gasteiger partial charge >= 0.3 is 0 Å². The van der Waals surface area contributed by atoms with Gasteiger partial charge in [-0.25, -0.2) is 14.4 Å². The van der Waals surface area contributed by atoms with Crippen LogP contribution in [0, 0.1) is 17.1 Å². The summed E-state index contributed by atoms with van der Waals surface area (Å²) in [6, 6.07) is 8.42. The van der Waals surface area contributed by atoms with Crippen molar-refractivity contribution in [3.8, 4) is 17.3 Å². The molecule has 4 nitrogen and oxygen atoms in total. The summed E-state index contributed by atoms with van der Waals surface area (Å²) < 4.78 is 13.3. The number of hydrogen-bond acceptors (Lipinski definition) is 5. The van der Waals surface area contributed by atoms with Crippen LogP contribution in [0.1, 0.15) is 38.7 Å². The van der Waals surface area contributed by atoms with Crippen LogP contribution in [0.4, 0.5) is 10.2 Å². The molecule has 0 atom stereocenters. The van der Waals surface area contributed by atoms with Crippen LogP contribution < -0.4 is 4.90 Å². The van der Waals surface area contributed by atoms with Crippen molar-refractivity contribution in [3.05, 3.63) is 35.6 Å². The van der Waals surface area contributed by atoms with Crippen LogP contribution in [0.2, 0.25) is 0 Å². The maximum Gasteiger partial charge on any atom is 0.190 e. The van der Waals surface area contributed by atoms with E-state index in [1.807, 2.05) is 0 Å². The van der Waals surface area contributed by atoms with Crippen molar-refractivity contribution in [2.45, 2.75) is 43.5 Å². The topological polar surface area (TPSA) is 52.8 Å². The molecule has 3 rings (SSSR count). The Kier molecular flexibility index (Phi) is 5.54. The first kappa shape index (κ1) is 17.7. The first-order chi connectivity index (χ1) is 12.1. The minimum Gasteiger partial charge on any atom is -0.355 e. The fourth-order valence-corrected chi connectivity index (χ4v) is 3.65. The van der Waals surface area contributed by atoms with Crippen LogP contribution in [0.3, 0.4) is 0 Å². The summed E-state index contributed by atoms with van der Waals surface area (Å²) in [5.41, 5.74) is 1.80. The molecule has 2 aromatic rings. The second kappa shape index (κ2) is 7.83. The summed E-state index contributed by atoms with van der Waals surface area (Å²) in [7, 11) is 0. The van der Waals surface area contributed by atoms with Crippen molar-refractivity contribution in [2.24, 2.45) is 0 Å². The van der Waals surface area contributed by atoms with E-state index in [-0.39, 0.29) is 5.82 Å². The minimum atomic E-state index is -0.302. The van der Waals surface area contributed by atoms with Gasteiger partial charge in [0, 0.05) is 23.9 Å². The molecular formula is C19H21FN4S. The van der Waals surface area contributed by atoms with Gasteiger partial charge in [0.05, 0.1) is 5.69 Å². The molecule has 1 aromatic carbocycles. The third-order valence-electron chi connectivity index (χ3n) is 4.10. The Bertz CT molecular complexity index is 777. The lowest BCUT2D eigenvalue weighted by Crippen LogP contribution is -2.31. The Morgan fingerprint density at radius 1 is 1.12 bits per heavy atom. The highest BCUT2D eigenvalue weighted by atomic mass is 32.2. The lowest BCUT2D eigenvalue weighted by Gasteiger charge is -2.29. The maximum absolute atomic E-state index is 13.3. The SMILES string of the molecule is CC(C)Sc1nc(-c2ccc(F)cc2)c(C#N)c(N2CCCCC2)n1. The molecule has 1 aliphatic heterocycles. The molecule has 0 N–H and O–H groups in total. The lowest BCUT2D eigenvalue weighted by atomic mass is 10.1. The monoisotopic (exact) mass is 356 g/mol. The largest absolute Gasteiger partial charge is 0.355 e. The maximum atomic E-state index is 13.3. The number of benzene rings is 1. The lowest BCUT2D eigenvalue weighted by molar-refractivity contribution is 0.571. The molecule has 2 heterocycles. The number of piperidine rings is 1. The number of halogens is 1. The van der Waals surface area contributed by atoms with Gasteiger partial charge in [-0.15, -0.1) is 0 Å². The van der Waals surface area contributed by atoms with Crippen molar-refractivity contribution in [2.75, 3.05) is 18.0 Å². The Balaban J connectivity index is 2.14. The fraction of sp³-hybridized carbons (Fsp3) is 0.421. The summed E-state index contributed by atoms with van der Waals surface area (Å²) >= 11 is 1.58. The smallest absolute Gasteiger partial charge is 0.190 e. The van der Waals surface area contributed by atoms with Crippen LogP contribution in [0.5, 0.6) is 0 Å². The van der Waals surface area contributed by atoms with E-state index in [2.05, 4.69) is 29.8 Å². The van der Waals surface area contributed by atoms with Crippen LogP contribution in [0.15, 0.2) is 29.4 Å². The van der Waals surface area contributed by atoms with E-state index in [1.54, 1.807) is 23.9 Å². The molecule has 1 aliphatic rings. The third kappa shape index (κ3) is 4.10. The average Bonchev–Trinajstić information content (AvgIpc) is 2.62. The Labute approximate surface area is 152 Å². The highest BCUT2D eigenvalue weighted by molar-refractivity contribution is 7.99. The number of hydrogen-bond donors (Lipinski definition) is 0. The van der Waals surface area contributed by atoms with Crippen molar-refractivity contribution in [3.63, 3.8) is 0 Å². The zero-order valence-corrected chi connectivity index (χ0v) is 15.3. The predicted octanol–water partition coefficient (Wildman–Crippen LogP) is 4.65. The van der Waals surface area contributed by atoms with E-state index in [0.29, 0.717) is 27.5 Å². The Morgan fingerprint density at radius 3 is 2.40 bits per heavy atom. The molecule has 1 fully saturated rings. The number of thioether (sulfide) groups is 1. The Morgan fingerprint density at radius 2 is 1.80 bits per heavy atom. The quantitative estimate of drug-likeness (QED) is 0.590. The fourth-order valence-electron chi connectivity index (χ4n) is 2.95. The van der Waals surface area contributed by atoms with Crippen molar-refractivity contribution < 1.29 is 4.39 Å². The number of anilines is 1. The normalized spacial score (nSPS) is 14.6. The molecule has 6 heteroatoms. The predicted molar refractivity (Wildman–Crippen MR) is 99.2 cm³/mol. The first-order valence-electron chi connectivity index (χ1n) is 8.58. The number of aromatic nitrogens is 2. The van der Waals surface area contributed by atoms with E-state index < -0.39 is 0 Å². The molecule has 130 valence electrons. The first-order valence-corrected chi connectivity index (χ1v) is 9.46. The molecule has 0 radical (unpaired) electrons. The zero-order chi connectivity index (χ0) is 17.8. The zero-order valence-electron chi connectivity index (χ0n) is 14.5. The van der Waals surface area contributed by atoms with Crippen molar-refractivity contribution in [1.82, 2.24) is 9.97 Å². The minimum absolute atomic E-state index is 0.302. The molecule has 0 amide bonds. The molecule has 25 heavy (non-hydrogen) atoms. The Hall–Kier alpha value is -2.13. The molecule has 0 bridgehead atoms.